The minimum atomic E-state index is -3.58. The molecule has 0 amide bonds. The molecule has 0 heterocycles. The Morgan fingerprint density at radius 3 is 2.83 bits per heavy atom. The van der Waals surface area contributed by atoms with E-state index >= 15 is 0 Å². The zero-order chi connectivity index (χ0) is 13.6. The molecule has 1 aromatic rings. The van der Waals surface area contributed by atoms with E-state index in [2.05, 4.69) is 27.2 Å². The van der Waals surface area contributed by atoms with E-state index in [1.54, 1.807) is 6.07 Å². The number of benzene rings is 1. The first-order valence-corrected chi connectivity index (χ1v) is 7.80. The molecule has 0 unspecified atom stereocenters. The minimum Gasteiger partial charge on any atom is -0.502 e. The van der Waals surface area contributed by atoms with Crippen molar-refractivity contribution in [3.05, 3.63) is 40.5 Å². The number of ether oxygens (including phenoxy) is 1. The van der Waals surface area contributed by atoms with Crippen LogP contribution in [0.5, 0.6) is 0 Å². The van der Waals surface area contributed by atoms with Gasteiger partial charge in [0.1, 0.15) is 4.90 Å². The lowest BCUT2D eigenvalue weighted by Gasteiger charge is -2.08. The molecule has 4 nitrogen and oxygen atoms in total. The summed E-state index contributed by atoms with van der Waals surface area (Å²) in [6.07, 6.45) is 1.87. The lowest BCUT2D eigenvalue weighted by molar-refractivity contribution is 0.247. The first-order chi connectivity index (χ1) is 8.47. The lowest BCUT2D eigenvalue weighted by atomic mass is 10.4. The van der Waals surface area contributed by atoms with Crippen LogP contribution in [0.2, 0.25) is 5.02 Å². The molecule has 0 saturated heterocycles. The van der Waals surface area contributed by atoms with Crippen LogP contribution in [0.1, 0.15) is 6.42 Å². The normalized spacial score (nSPS) is 11.2. The second kappa shape index (κ2) is 7.13. The highest BCUT2D eigenvalue weighted by Gasteiger charge is 2.17. The fraction of sp³-hybridized carbons (Fsp3) is 0.273. The highest BCUT2D eigenvalue weighted by atomic mass is 79.9. The molecule has 0 aromatic heterocycles. The molecule has 0 saturated carbocycles. The van der Waals surface area contributed by atoms with Gasteiger partial charge in [0, 0.05) is 11.0 Å². The molecule has 0 aliphatic heterocycles. The van der Waals surface area contributed by atoms with Gasteiger partial charge in [-0.05, 0) is 24.6 Å². The summed E-state index contributed by atoms with van der Waals surface area (Å²) < 4.78 is 31.9. The van der Waals surface area contributed by atoms with Gasteiger partial charge in [0.2, 0.25) is 10.0 Å². The Labute approximate surface area is 120 Å². The van der Waals surface area contributed by atoms with Gasteiger partial charge in [0.05, 0.1) is 17.9 Å². The molecule has 18 heavy (non-hydrogen) atoms. The van der Waals surface area contributed by atoms with E-state index in [1.165, 1.54) is 18.4 Å². The van der Waals surface area contributed by atoms with E-state index in [1.807, 2.05) is 0 Å². The fourth-order valence-electron chi connectivity index (χ4n) is 1.22. The molecule has 1 aromatic carbocycles. The predicted octanol–water partition coefficient (Wildman–Crippen LogP) is 2.93. The summed E-state index contributed by atoms with van der Waals surface area (Å²) in [5.74, 6) is 0. The quantitative estimate of drug-likeness (QED) is 0.605. The maximum Gasteiger partial charge on any atom is 0.242 e. The standard InChI is InChI=1S/C11H13BrClNO3S/c1-2-17-7-3-6-14-18(15,16)11-5-4-9(12)8-10(11)13/h2,4-5,8,14H,1,3,6-7H2. The van der Waals surface area contributed by atoms with Crippen LogP contribution in [-0.4, -0.2) is 21.6 Å². The summed E-state index contributed by atoms with van der Waals surface area (Å²) in [6.45, 7) is 4.09. The van der Waals surface area contributed by atoms with Crippen LogP contribution in [0.25, 0.3) is 0 Å². The van der Waals surface area contributed by atoms with Crippen LogP contribution >= 0.6 is 27.5 Å². The molecule has 0 radical (unpaired) electrons. The lowest BCUT2D eigenvalue weighted by Crippen LogP contribution is -2.25. The van der Waals surface area contributed by atoms with Crippen molar-refractivity contribution in [1.29, 1.82) is 0 Å². The number of rotatable bonds is 7. The van der Waals surface area contributed by atoms with Crippen LogP contribution < -0.4 is 4.72 Å². The fourth-order valence-corrected chi connectivity index (χ4v) is 3.33. The largest absolute Gasteiger partial charge is 0.502 e. The molecule has 0 aliphatic rings. The first kappa shape index (κ1) is 15.5. The van der Waals surface area contributed by atoms with Crippen molar-refractivity contribution in [2.24, 2.45) is 0 Å². The third-order valence-electron chi connectivity index (χ3n) is 2.03. The summed E-state index contributed by atoms with van der Waals surface area (Å²) in [7, 11) is -3.58. The van der Waals surface area contributed by atoms with Crippen LogP contribution in [0.3, 0.4) is 0 Å². The molecule has 1 N–H and O–H groups in total. The van der Waals surface area contributed by atoms with E-state index in [-0.39, 0.29) is 16.5 Å². The van der Waals surface area contributed by atoms with Crippen LogP contribution in [-0.2, 0) is 14.8 Å². The van der Waals surface area contributed by atoms with Crippen molar-refractivity contribution < 1.29 is 13.2 Å². The van der Waals surface area contributed by atoms with E-state index < -0.39 is 10.0 Å². The Kier molecular flexibility index (Phi) is 6.14. The third kappa shape index (κ3) is 4.61. The molecule has 100 valence electrons. The van der Waals surface area contributed by atoms with Crippen molar-refractivity contribution >= 4 is 37.6 Å². The number of sulfonamides is 1. The Bertz CT molecular complexity index is 519. The van der Waals surface area contributed by atoms with Gasteiger partial charge < -0.3 is 4.74 Å². The van der Waals surface area contributed by atoms with Gasteiger partial charge in [0.15, 0.2) is 0 Å². The molecule has 0 bridgehead atoms. The van der Waals surface area contributed by atoms with Gasteiger partial charge in [-0.1, -0.05) is 34.1 Å². The van der Waals surface area contributed by atoms with Crippen molar-refractivity contribution in [2.45, 2.75) is 11.3 Å². The molecule has 0 aliphatic carbocycles. The SMILES string of the molecule is C=COCCCNS(=O)(=O)c1ccc(Br)cc1Cl. The highest BCUT2D eigenvalue weighted by molar-refractivity contribution is 9.10. The Morgan fingerprint density at radius 1 is 1.50 bits per heavy atom. The minimum absolute atomic E-state index is 0.0667. The molecule has 0 spiro atoms. The van der Waals surface area contributed by atoms with Crippen LogP contribution in [0.4, 0.5) is 0 Å². The maximum atomic E-state index is 11.9. The first-order valence-electron chi connectivity index (χ1n) is 5.14. The number of hydrogen-bond acceptors (Lipinski definition) is 3. The third-order valence-corrected chi connectivity index (χ3v) is 4.47. The van der Waals surface area contributed by atoms with Crippen molar-refractivity contribution in [3.8, 4) is 0 Å². The second-order valence-corrected chi connectivity index (χ2v) is 6.42. The van der Waals surface area contributed by atoms with Crippen molar-refractivity contribution in [1.82, 2.24) is 4.72 Å². The molecule has 1 rings (SSSR count). The Morgan fingerprint density at radius 2 is 2.22 bits per heavy atom. The average molecular weight is 355 g/mol. The zero-order valence-electron chi connectivity index (χ0n) is 9.53. The second-order valence-electron chi connectivity index (χ2n) is 3.36. The summed E-state index contributed by atoms with van der Waals surface area (Å²) >= 11 is 9.11. The predicted molar refractivity (Wildman–Crippen MR) is 75.1 cm³/mol. The van der Waals surface area contributed by atoms with E-state index in [0.29, 0.717) is 13.0 Å². The Hall–Kier alpha value is -0.560. The Balaban J connectivity index is 2.65. The molecule has 0 atom stereocenters. The number of hydrogen-bond donors (Lipinski definition) is 1. The van der Waals surface area contributed by atoms with Gasteiger partial charge in [-0.3, -0.25) is 0 Å². The number of nitrogens with one attached hydrogen (secondary N) is 1. The summed E-state index contributed by atoms with van der Waals surface area (Å²) in [5, 5.41) is 0.180. The van der Waals surface area contributed by atoms with E-state index in [4.69, 9.17) is 16.3 Å². The van der Waals surface area contributed by atoms with Crippen molar-refractivity contribution in [3.63, 3.8) is 0 Å². The van der Waals surface area contributed by atoms with Gasteiger partial charge >= 0.3 is 0 Å². The number of halogens is 2. The van der Waals surface area contributed by atoms with Crippen LogP contribution in [0, 0.1) is 0 Å². The molecular weight excluding hydrogens is 342 g/mol. The monoisotopic (exact) mass is 353 g/mol. The highest BCUT2D eigenvalue weighted by Crippen LogP contribution is 2.24. The zero-order valence-corrected chi connectivity index (χ0v) is 12.7. The van der Waals surface area contributed by atoms with Gasteiger partial charge in [-0.2, -0.15) is 0 Å². The van der Waals surface area contributed by atoms with Gasteiger partial charge in [0.25, 0.3) is 0 Å². The average Bonchev–Trinajstić information content (AvgIpc) is 2.28. The van der Waals surface area contributed by atoms with E-state index in [0.717, 1.165) is 4.47 Å². The summed E-state index contributed by atoms with van der Waals surface area (Å²) in [6, 6.07) is 4.62. The summed E-state index contributed by atoms with van der Waals surface area (Å²) in [4.78, 5) is 0.0667. The maximum absolute atomic E-state index is 11.9. The smallest absolute Gasteiger partial charge is 0.242 e. The topological polar surface area (TPSA) is 55.4 Å². The molecule has 0 fully saturated rings. The van der Waals surface area contributed by atoms with Crippen molar-refractivity contribution in [2.75, 3.05) is 13.2 Å². The van der Waals surface area contributed by atoms with Gasteiger partial charge in [-0.15, -0.1) is 0 Å². The molecule has 7 heteroatoms. The van der Waals surface area contributed by atoms with Gasteiger partial charge in [-0.25, -0.2) is 13.1 Å². The van der Waals surface area contributed by atoms with Crippen LogP contribution in [0.15, 0.2) is 40.4 Å². The van der Waals surface area contributed by atoms with E-state index in [9.17, 15) is 8.42 Å². The summed E-state index contributed by atoms with van der Waals surface area (Å²) in [5.41, 5.74) is 0. The molecular formula is C11H13BrClNO3S.